The molecule has 4 heteroatoms. The summed E-state index contributed by atoms with van der Waals surface area (Å²) in [6.07, 6.45) is 0. The quantitative estimate of drug-likeness (QED) is 0.902. The fraction of sp³-hybridized carbons (Fsp3) is 0.143. The van der Waals surface area contributed by atoms with Crippen LogP contribution in [0.2, 0.25) is 0 Å². The zero-order valence-electron chi connectivity index (χ0n) is 9.75. The van der Waals surface area contributed by atoms with Crippen molar-refractivity contribution in [2.75, 3.05) is 7.05 Å². The van der Waals surface area contributed by atoms with E-state index in [0.717, 1.165) is 0 Å². The molecule has 1 N–H and O–H groups in total. The Hall–Kier alpha value is -1.26. The summed E-state index contributed by atoms with van der Waals surface area (Å²) in [6.45, 7) is 0. The van der Waals surface area contributed by atoms with Crippen LogP contribution in [0, 0.1) is 11.6 Å². The zero-order chi connectivity index (χ0) is 13.1. The van der Waals surface area contributed by atoms with Crippen molar-refractivity contribution >= 4 is 15.9 Å². The van der Waals surface area contributed by atoms with Gasteiger partial charge in [0, 0.05) is 15.6 Å². The van der Waals surface area contributed by atoms with Gasteiger partial charge in [0.25, 0.3) is 0 Å². The Bertz CT molecular complexity index is 557. The molecule has 0 spiro atoms. The molecule has 18 heavy (non-hydrogen) atoms. The average molecular weight is 312 g/mol. The standard InChI is InChI=1S/C14H12BrF2N/c1-18-14(10-4-2-3-5-12(10)16)11-7-6-9(15)8-13(11)17/h2-8,14,18H,1H3. The number of nitrogens with one attached hydrogen (secondary N) is 1. The monoisotopic (exact) mass is 311 g/mol. The van der Waals surface area contributed by atoms with E-state index in [-0.39, 0.29) is 11.6 Å². The highest BCUT2D eigenvalue weighted by atomic mass is 79.9. The van der Waals surface area contributed by atoms with Gasteiger partial charge in [-0.2, -0.15) is 0 Å². The lowest BCUT2D eigenvalue weighted by Gasteiger charge is -2.18. The second kappa shape index (κ2) is 5.59. The van der Waals surface area contributed by atoms with Crippen LogP contribution >= 0.6 is 15.9 Å². The molecule has 0 radical (unpaired) electrons. The summed E-state index contributed by atoms with van der Waals surface area (Å²) in [7, 11) is 1.68. The third kappa shape index (κ3) is 2.60. The summed E-state index contributed by atoms with van der Waals surface area (Å²) < 4.78 is 28.3. The van der Waals surface area contributed by atoms with Crippen LogP contribution in [0.1, 0.15) is 17.2 Å². The van der Waals surface area contributed by atoms with Crippen molar-refractivity contribution in [1.82, 2.24) is 5.32 Å². The van der Waals surface area contributed by atoms with Crippen molar-refractivity contribution in [2.24, 2.45) is 0 Å². The first kappa shape index (κ1) is 13.2. The highest BCUT2D eigenvalue weighted by molar-refractivity contribution is 9.10. The first-order chi connectivity index (χ1) is 8.63. The van der Waals surface area contributed by atoms with Crippen LogP contribution in [0.4, 0.5) is 8.78 Å². The number of halogens is 3. The van der Waals surface area contributed by atoms with Crippen LogP contribution in [-0.2, 0) is 0 Å². The lowest BCUT2D eigenvalue weighted by atomic mass is 9.98. The van der Waals surface area contributed by atoms with E-state index >= 15 is 0 Å². The highest BCUT2D eigenvalue weighted by Gasteiger charge is 2.19. The lowest BCUT2D eigenvalue weighted by molar-refractivity contribution is 0.546. The van der Waals surface area contributed by atoms with Gasteiger partial charge in [-0.1, -0.05) is 40.2 Å². The van der Waals surface area contributed by atoms with Gasteiger partial charge in [-0.05, 0) is 25.2 Å². The van der Waals surface area contributed by atoms with Crippen LogP contribution in [0.3, 0.4) is 0 Å². The zero-order valence-corrected chi connectivity index (χ0v) is 11.3. The Kier molecular flexibility index (Phi) is 4.09. The predicted octanol–water partition coefficient (Wildman–Crippen LogP) is 4.04. The molecule has 0 heterocycles. The van der Waals surface area contributed by atoms with E-state index in [2.05, 4.69) is 21.2 Å². The molecular formula is C14H12BrF2N. The summed E-state index contributed by atoms with van der Waals surface area (Å²) in [5, 5.41) is 2.94. The van der Waals surface area contributed by atoms with Crippen molar-refractivity contribution in [1.29, 1.82) is 0 Å². The SMILES string of the molecule is CNC(c1ccccc1F)c1ccc(Br)cc1F. The van der Waals surface area contributed by atoms with Crippen molar-refractivity contribution in [3.63, 3.8) is 0 Å². The first-order valence-electron chi connectivity index (χ1n) is 5.50. The van der Waals surface area contributed by atoms with Gasteiger partial charge in [-0.15, -0.1) is 0 Å². The molecule has 1 unspecified atom stereocenters. The summed E-state index contributed by atoms with van der Waals surface area (Å²) in [5.74, 6) is -0.717. The Morgan fingerprint density at radius 1 is 1.00 bits per heavy atom. The minimum atomic E-state index is -0.501. The van der Waals surface area contributed by atoms with Crippen LogP contribution < -0.4 is 5.32 Å². The average Bonchev–Trinajstić information content (AvgIpc) is 2.34. The van der Waals surface area contributed by atoms with Gasteiger partial charge in [0.15, 0.2) is 0 Å². The Balaban J connectivity index is 2.49. The minimum absolute atomic E-state index is 0.348. The second-order valence-electron chi connectivity index (χ2n) is 3.91. The second-order valence-corrected chi connectivity index (χ2v) is 4.82. The summed E-state index contributed by atoms with van der Waals surface area (Å²) in [4.78, 5) is 0. The summed E-state index contributed by atoms with van der Waals surface area (Å²) in [5.41, 5.74) is 0.854. The van der Waals surface area contributed by atoms with Crippen molar-refractivity contribution < 1.29 is 8.78 Å². The van der Waals surface area contributed by atoms with Crippen LogP contribution in [-0.4, -0.2) is 7.05 Å². The molecule has 1 atom stereocenters. The first-order valence-corrected chi connectivity index (χ1v) is 6.29. The number of hydrogen-bond donors (Lipinski definition) is 1. The summed E-state index contributed by atoms with van der Waals surface area (Å²) in [6, 6.07) is 10.6. The molecular weight excluding hydrogens is 300 g/mol. The van der Waals surface area contributed by atoms with Crippen LogP contribution in [0.5, 0.6) is 0 Å². The molecule has 1 nitrogen and oxygen atoms in total. The molecule has 0 saturated heterocycles. The van der Waals surface area contributed by atoms with Gasteiger partial charge in [0.05, 0.1) is 6.04 Å². The van der Waals surface area contributed by atoms with Crippen LogP contribution in [0.25, 0.3) is 0 Å². The molecule has 94 valence electrons. The molecule has 0 aliphatic carbocycles. The largest absolute Gasteiger partial charge is 0.309 e. The minimum Gasteiger partial charge on any atom is -0.309 e. The van der Waals surface area contributed by atoms with Crippen LogP contribution in [0.15, 0.2) is 46.9 Å². The maximum Gasteiger partial charge on any atom is 0.129 e. The molecule has 0 fully saturated rings. The molecule has 2 aromatic rings. The Morgan fingerprint density at radius 2 is 1.67 bits per heavy atom. The summed E-state index contributed by atoms with van der Waals surface area (Å²) >= 11 is 3.20. The van der Waals surface area contributed by atoms with Gasteiger partial charge in [0.1, 0.15) is 11.6 Å². The molecule has 0 amide bonds. The topological polar surface area (TPSA) is 12.0 Å². The molecule has 0 aromatic heterocycles. The third-order valence-electron chi connectivity index (χ3n) is 2.78. The molecule has 2 aromatic carbocycles. The smallest absolute Gasteiger partial charge is 0.129 e. The highest BCUT2D eigenvalue weighted by Crippen LogP contribution is 2.27. The lowest BCUT2D eigenvalue weighted by Crippen LogP contribution is -2.20. The Morgan fingerprint density at radius 3 is 2.28 bits per heavy atom. The van der Waals surface area contributed by atoms with Gasteiger partial charge in [-0.3, -0.25) is 0 Å². The maximum absolute atomic E-state index is 13.9. The third-order valence-corrected chi connectivity index (χ3v) is 3.27. The Labute approximate surface area is 113 Å². The predicted molar refractivity (Wildman–Crippen MR) is 71.4 cm³/mol. The number of rotatable bonds is 3. The van der Waals surface area contributed by atoms with E-state index in [1.54, 1.807) is 37.4 Å². The molecule has 0 saturated carbocycles. The fourth-order valence-electron chi connectivity index (χ4n) is 1.92. The van der Waals surface area contributed by atoms with Gasteiger partial charge < -0.3 is 5.32 Å². The van der Waals surface area contributed by atoms with E-state index in [4.69, 9.17) is 0 Å². The maximum atomic E-state index is 13.9. The number of benzene rings is 2. The number of hydrogen-bond acceptors (Lipinski definition) is 1. The van der Waals surface area contributed by atoms with Gasteiger partial charge in [0.2, 0.25) is 0 Å². The van der Waals surface area contributed by atoms with E-state index in [1.807, 2.05) is 0 Å². The molecule has 0 bridgehead atoms. The molecule has 2 rings (SSSR count). The molecule has 0 aliphatic heterocycles. The fourth-order valence-corrected chi connectivity index (χ4v) is 2.26. The molecule has 0 aliphatic rings. The van der Waals surface area contributed by atoms with Crippen molar-refractivity contribution in [3.8, 4) is 0 Å². The van der Waals surface area contributed by atoms with Gasteiger partial charge in [-0.25, -0.2) is 8.78 Å². The normalized spacial score (nSPS) is 12.4. The van der Waals surface area contributed by atoms with E-state index in [0.29, 0.717) is 15.6 Å². The van der Waals surface area contributed by atoms with E-state index in [1.165, 1.54) is 12.1 Å². The van der Waals surface area contributed by atoms with E-state index < -0.39 is 6.04 Å². The van der Waals surface area contributed by atoms with Crippen molar-refractivity contribution in [3.05, 3.63) is 69.7 Å². The van der Waals surface area contributed by atoms with E-state index in [9.17, 15) is 8.78 Å². The van der Waals surface area contributed by atoms with Crippen molar-refractivity contribution in [2.45, 2.75) is 6.04 Å². The van der Waals surface area contributed by atoms with Gasteiger partial charge >= 0.3 is 0 Å².